The van der Waals surface area contributed by atoms with Crippen LogP contribution in [-0.4, -0.2) is 50.9 Å². The van der Waals surface area contributed by atoms with E-state index < -0.39 is 52.4 Å². The molecular weight excluding hydrogens is 363 g/mol. The van der Waals surface area contributed by atoms with Crippen molar-refractivity contribution in [2.24, 2.45) is 28.6 Å². The van der Waals surface area contributed by atoms with Crippen LogP contribution in [0.15, 0.2) is 23.8 Å². The maximum atomic E-state index is 16.9. The minimum absolute atomic E-state index is 0.0676. The van der Waals surface area contributed by atoms with Gasteiger partial charge in [0.15, 0.2) is 17.2 Å². The summed E-state index contributed by atoms with van der Waals surface area (Å²) in [5, 5.41) is 32.0. The third-order valence-corrected chi connectivity index (χ3v) is 8.75. The van der Waals surface area contributed by atoms with Crippen molar-refractivity contribution >= 4 is 11.6 Å². The minimum Gasteiger partial charge on any atom is -0.390 e. The number of carbonyl (C=O) groups is 2. The van der Waals surface area contributed by atoms with Crippen molar-refractivity contribution < 1.29 is 29.3 Å². The number of rotatable bonds is 2. The molecule has 8 atom stereocenters. The Kier molecular flexibility index (Phi) is 4.15. The molecule has 0 radical (unpaired) electrons. The number of fused-ring (bicyclic) bond motifs is 5. The fraction of sp³-hybridized carbons (Fsp3) is 0.727. The lowest BCUT2D eigenvalue weighted by atomic mass is 9.45. The van der Waals surface area contributed by atoms with Crippen LogP contribution >= 0.6 is 0 Å². The predicted molar refractivity (Wildman–Crippen MR) is 99.9 cm³/mol. The van der Waals surface area contributed by atoms with Gasteiger partial charge in [-0.05, 0) is 44.1 Å². The average molecular weight is 392 g/mol. The van der Waals surface area contributed by atoms with E-state index in [0.717, 1.165) is 0 Å². The van der Waals surface area contributed by atoms with Gasteiger partial charge in [-0.3, -0.25) is 9.59 Å². The highest BCUT2D eigenvalue weighted by atomic mass is 19.1. The molecule has 4 rings (SSSR count). The molecular formula is C22H29FO5. The highest BCUT2D eigenvalue weighted by Crippen LogP contribution is 2.70. The van der Waals surface area contributed by atoms with Gasteiger partial charge in [-0.25, -0.2) is 4.39 Å². The monoisotopic (exact) mass is 392 g/mol. The number of hydrogen-bond donors (Lipinski definition) is 3. The van der Waals surface area contributed by atoms with E-state index >= 15 is 4.39 Å². The molecule has 154 valence electrons. The van der Waals surface area contributed by atoms with Gasteiger partial charge in [-0.1, -0.05) is 31.6 Å². The third kappa shape index (κ3) is 2.01. The smallest absolute Gasteiger partial charge is 0.190 e. The van der Waals surface area contributed by atoms with Gasteiger partial charge in [0.05, 0.1) is 6.10 Å². The summed E-state index contributed by atoms with van der Waals surface area (Å²) in [6.07, 6.45) is 4.41. The number of allylic oxidation sites excluding steroid dienone is 4. The van der Waals surface area contributed by atoms with Crippen molar-refractivity contribution in [3.8, 4) is 0 Å². The van der Waals surface area contributed by atoms with Crippen LogP contribution in [0.4, 0.5) is 4.39 Å². The highest BCUT2D eigenvalue weighted by molar-refractivity contribution is 5.93. The Morgan fingerprint density at radius 1 is 1.32 bits per heavy atom. The van der Waals surface area contributed by atoms with Crippen LogP contribution in [0.3, 0.4) is 0 Å². The van der Waals surface area contributed by atoms with Crippen LogP contribution < -0.4 is 0 Å². The quantitative estimate of drug-likeness (QED) is 0.624. The number of hydrogen-bond acceptors (Lipinski definition) is 5. The maximum absolute atomic E-state index is 16.9. The second kappa shape index (κ2) is 5.83. The van der Waals surface area contributed by atoms with E-state index in [4.69, 9.17) is 0 Å². The number of aliphatic hydroxyl groups excluding tert-OH is 2. The van der Waals surface area contributed by atoms with Crippen LogP contribution in [0.2, 0.25) is 0 Å². The second-order valence-electron chi connectivity index (χ2n) is 9.75. The summed E-state index contributed by atoms with van der Waals surface area (Å²) >= 11 is 0. The van der Waals surface area contributed by atoms with Crippen molar-refractivity contribution in [2.75, 3.05) is 6.61 Å². The Hall–Kier alpha value is -1.37. The molecule has 5 nitrogen and oxygen atoms in total. The topological polar surface area (TPSA) is 94.8 Å². The number of alkyl halides is 1. The SMILES string of the molecule is C[C@H]1CC2[C@@H]3CC=C4CC(=O)C=C[C@]4(C)C3(F)[C@@H](O)C[C@]2(C)[C@@]1(O)C(=O)CO. The lowest BCUT2D eigenvalue weighted by Crippen LogP contribution is -2.69. The summed E-state index contributed by atoms with van der Waals surface area (Å²) < 4.78 is 16.9. The van der Waals surface area contributed by atoms with Gasteiger partial charge < -0.3 is 15.3 Å². The zero-order valence-corrected chi connectivity index (χ0v) is 16.6. The summed E-state index contributed by atoms with van der Waals surface area (Å²) in [7, 11) is 0. The minimum atomic E-state index is -1.98. The first-order valence-electron chi connectivity index (χ1n) is 10.1. The summed E-state index contributed by atoms with van der Waals surface area (Å²) in [5.41, 5.74) is -5.18. The van der Waals surface area contributed by atoms with Crippen LogP contribution in [0.1, 0.15) is 46.5 Å². The van der Waals surface area contributed by atoms with Gasteiger partial charge in [0.1, 0.15) is 12.2 Å². The highest BCUT2D eigenvalue weighted by Gasteiger charge is 2.75. The van der Waals surface area contributed by atoms with Gasteiger partial charge in [0, 0.05) is 23.2 Å². The van der Waals surface area contributed by atoms with Crippen LogP contribution in [-0.2, 0) is 9.59 Å². The molecule has 0 aliphatic heterocycles. The Morgan fingerprint density at radius 3 is 2.64 bits per heavy atom. The molecule has 6 heteroatoms. The summed E-state index contributed by atoms with van der Waals surface area (Å²) in [6, 6.07) is 0. The molecule has 4 aliphatic carbocycles. The molecule has 0 aromatic rings. The standard InChI is InChI=1S/C22H29FO5/c1-12-8-16-15-5-4-13-9-14(25)6-7-19(13,2)21(15,23)17(26)10-20(16,3)22(12,28)18(27)11-24/h4,6-7,12,15-17,24,26,28H,5,8-11H2,1-3H3/t12-,15-,16?,17-,19-,20-,21?,22-/m0/s1. The molecule has 28 heavy (non-hydrogen) atoms. The predicted octanol–water partition coefficient (Wildman–Crippen LogP) is 1.90. The van der Waals surface area contributed by atoms with Crippen LogP contribution in [0.5, 0.6) is 0 Å². The summed E-state index contributed by atoms with van der Waals surface area (Å²) in [6.45, 7) is 4.47. The largest absolute Gasteiger partial charge is 0.390 e. The number of carbonyl (C=O) groups excluding carboxylic acids is 2. The molecule has 4 aliphatic rings. The molecule has 2 unspecified atom stereocenters. The van der Waals surface area contributed by atoms with E-state index in [-0.39, 0.29) is 24.5 Å². The first-order valence-corrected chi connectivity index (χ1v) is 10.1. The summed E-state index contributed by atoms with van der Waals surface area (Å²) in [5.74, 6) is -2.09. The van der Waals surface area contributed by atoms with Gasteiger partial charge in [-0.15, -0.1) is 0 Å². The van der Waals surface area contributed by atoms with E-state index in [2.05, 4.69) is 0 Å². The van der Waals surface area contributed by atoms with Crippen molar-refractivity contribution in [3.05, 3.63) is 23.8 Å². The fourth-order valence-corrected chi connectivity index (χ4v) is 7.17. The Balaban J connectivity index is 1.85. The molecule has 2 saturated carbocycles. The third-order valence-electron chi connectivity index (χ3n) is 8.75. The lowest BCUT2D eigenvalue weighted by molar-refractivity contribution is -0.215. The van der Waals surface area contributed by atoms with Crippen molar-refractivity contribution in [3.63, 3.8) is 0 Å². The van der Waals surface area contributed by atoms with Crippen molar-refractivity contribution in [2.45, 2.75) is 63.8 Å². The first-order chi connectivity index (χ1) is 13.0. The summed E-state index contributed by atoms with van der Waals surface area (Å²) in [4.78, 5) is 24.4. The lowest BCUT2D eigenvalue weighted by Gasteiger charge is -2.62. The van der Waals surface area contributed by atoms with E-state index in [1.807, 2.05) is 6.08 Å². The molecule has 0 bridgehead atoms. The first kappa shape index (κ1) is 19.9. The molecule has 0 heterocycles. The normalized spacial score (nSPS) is 52.5. The van der Waals surface area contributed by atoms with Gasteiger partial charge in [-0.2, -0.15) is 0 Å². The molecule has 0 saturated heterocycles. The fourth-order valence-electron chi connectivity index (χ4n) is 7.17. The molecule has 0 aromatic heterocycles. The van der Waals surface area contributed by atoms with Gasteiger partial charge >= 0.3 is 0 Å². The number of aliphatic hydroxyl groups is 3. The van der Waals surface area contributed by atoms with E-state index in [1.165, 1.54) is 6.08 Å². The number of ketones is 2. The maximum Gasteiger partial charge on any atom is 0.190 e. The average Bonchev–Trinajstić information content (AvgIpc) is 2.84. The zero-order valence-electron chi connectivity index (χ0n) is 16.6. The van der Waals surface area contributed by atoms with Crippen molar-refractivity contribution in [1.82, 2.24) is 0 Å². The molecule has 0 aromatic carbocycles. The van der Waals surface area contributed by atoms with Crippen molar-refractivity contribution in [1.29, 1.82) is 0 Å². The second-order valence-corrected chi connectivity index (χ2v) is 9.75. The van der Waals surface area contributed by atoms with E-state index in [1.54, 1.807) is 26.8 Å². The van der Waals surface area contributed by atoms with Gasteiger partial charge in [0.2, 0.25) is 0 Å². The molecule has 0 spiro atoms. The number of Topliss-reactive ketones (excluding diaryl/α,β-unsaturated/α-hetero) is 1. The van der Waals surface area contributed by atoms with E-state index in [0.29, 0.717) is 18.4 Å². The van der Waals surface area contributed by atoms with Gasteiger partial charge in [0.25, 0.3) is 0 Å². The van der Waals surface area contributed by atoms with Crippen LogP contribution in [0.25, 0.3) is 0 Å². The molecule has 2 fully saturated rings. The number of halogens is 1. The Morgan fingerprint density at radius 2 is 2.00 bits per heavy atom. The molecule has 3 N–H and O–H groups in total. The molecule has 0 amide bonds. The van der Waals surface area contributed by atoms with E-state index in [9.17, 15) is 24.9 Å². The Labute approximate surface area is 164 Å². The Bertz CT molecular complexity index is 805. The van der Waals surface area contributed by atoms with Crippen LogP contribution in [0, 0.1) is 28.6 Å². The zero-order chi connectivity index (χ0) is 20.7.